The summed E-state index contributed by atoms with van der Waals surface area (Å²) < 4.78 is 3.37. The van der Waals surface area contributed by atoms with Gasteiger partial charge in [0.1, 0.15) is 10.8 Å². The third kappa shape index (κ3) is 3.77. The van der Waals surface area contributed by atoms with Gasteiger partial charge in [-0.1, -0.05) is 66.7 Å². The number of pyridine rings is 3. The second-order valence-electron chi connectivity index (χ2n) is 9.60. The van der Waals surface area contributed by atoms with Crippen LogP contribution in [0.15, 0.2) is 128 Å². The summed E-state index contributed by atoms with van der Waals surface area (Å²) in [6, 6.07) is 39.3. The van der Waals surface area contributed by atoms with E-state index in [4.69, 9.17) is 15.0 Å². The number of thiazole rings is 1. The van der Waals surface area contributed by atoms with Gasteiger partial charge < -0.3 is 0 Å². The zero-order chi connectivity index (χ0) is 26.5. The first kappa shape index (κ1) is 22.8. The molecule has 0 saturated carbocycles. The minimum absolute atomic E-state index is 0.820. The lowest BCUT2D eigenvalue weighted by Gasteiger charge is -2.09. The van der Waals surface area contributed by atoms with Crippen molar-refractivity contribution in [2.75, 3.05) is 0 Å². The first-order valence-electron chi connectivity index (χ1n) is 13.1. The summed E-state index contributed by atoms with van der Waals surface area (Å²) in [6.07, 6.45) is 3.74. The van der Waals surface area contributed by atoms with Crippen molar-refractivity contribution in [3.8, 4) is 39.0 Å². The van der Waals surface area contributed by atoms with Gasteiger partial charge >= 0.3 is 0 Å². The molecular formula is C34H21N5S. The van der Waals surface area contributed by atoms with E-state index in [0.717, 1.165) is 61.0 Å². The quantitative estimate of drug-likeness (QED) is 0.228. The van der Waals surface area contributed by atoms with Crippen LogP contribution in [0.2, 0.25) is 0 Å². The SMILES string of the molecule is c1cc(-c2ccc(-c3nc4ccccc4s3)cc2)nc(-c2cccc(-n3c4ccccc4c4ccncc43)n2)c1. The van der Waals surface area contributed by atoms with Crippen molar-refractivity contribution < 1.29 is 0 Å². The first-order valence-corrected chi connectivity index (χ1v) is 13.9. The number of aromatic nitrogens is 5. The van der Waals surface area contributed by atoms with E-state index in [1.54, 1.807) is 11.3 Å². The highest BCUT2D eigenvalue weighted by Crippen LogP contribution is 2.33. The van der Waals surface area contributed by atoms with Gasteiger partial charge in [0.25, 0.3) is 0 Å². The molecule has 5 nitrogen and oxygen atoms in total. The van der Waals surface area contributed by atoms with Crippen LogP contribution in [0, 0.1) is 0 Å². The average molecular weight is 532 g/mol. The Hall–Kier alpha value is -5.20. The third-order valence-electron chi connectivity index (χ3n) is 7.17. The first-order chi connectivity index (χ1) is 19.8. The number of nitrogens with zero attached hydrogens (tertiary/aromatic N) is 5. The van der Waals surface area contributed by atoms with E-state index in [1.165, 1.54) is 10.1 Å². The Morgan fingerprint density at radius 3 is 2.15 bits per heavy atom. The lowest BCUT2D eigenvalue weighted by molar-refractivity contribution is 1.07. The summed E-state index contributed by atoms with van der Waals surface area (Å²) >= 11 is 1.71. The van der Waals surface area contributed by atoms with Crippen molar-refractivity contribution >= 4 is 43.4 Å². The molecule has 0 radical (unpaired) electrons. The number of hydrogen-bond acceptors (Lipinski definition) is 5. The van der Waals surface area contributed by atoms with E-state index >= 15 is 0 Å². The number of hydrogen-bond donors (Lipinski definition) is 0. The highest BCUT2D eigenvalue weighted by molar-refractivity contribution is 7.21. The zero-order valence-corrected chi connectivity index (χ0v) is 22.1. The molecule has 0 atom stereocenters. The topological polar surface area (TPSA) is 56.5 Å². The fraction of sp³-hybridized carbons (Fsp3) is 0. The standard InChI is InChI=1S/C34H21N5S/c1-3-12-30-24(7-1)25-19-20-35-21-31(25)39(30)33-14-6-11-28(37-33)27-10-5-9-26(36-27)22-15-17-23(18-16-22)34-38-29-8-2-4-13-32(29)40-34/h1-21H. The largest absolute Gasteiger partial charge is 0.292 e. The van der Waals surface area contributed by atoms with Crippen LogP contribution in [0.4, 0.5) is 0 Å². The average Bonchev–Trinajstić information content (AvgIpc) is 3.61. The molecule has 0 saturated heterocycles. The van der Waals surface area contributed by atoms with Crippen LogP contribution in [-0.4, -0.2) is 24.5 Å². The minimum Gasteiger partial charge on any atom is -0.292 e. The fourth-order valence-electron chi connectivity index (χ4n) is 5.27. The molecule has 3 aromatic carbocycles. The van der Waals surface area contributed by atoms with E-state index in [9.17, 15) is 0 Å². The van der Waals surface area contributed by atoms with Gasteiger partial charge in [-0.25, -0.2) is 15.0 Å². The van der Waals surface area contributed by atoms with Gasteiger partial charge in [0, 0.05) is 28.1 Å². The van der Waals surface area contributed by atoms with Crippen LogP contribution in [0.3, 0.4) is 0 Å². The molecule has 0 spiro atoms. The lowest BCUT2D eigenvalue weighted by atomic mass is 10.1. The number of rotatable bonds is 4. The summed E-state index contributed by atoms with van der Waals surface area (Å²) in [4.78, 5) is 19.2. The highest BCUT2D eigenvalue weighted by atomic mass is 32.1. The molecular weight excluding hydrogens is 510 g/mol. The molecule has 6 heteroatoms. The molecule has 0 unspecified atom stereocenters. The van der Waals surface area contributed by atoms with Gasteiger partial charge in [-0.05, 0) is 48.5 Å². The van der Waals surface area contributed by atoms with Crippen LogP contribution < -0.4 is 0 Å². The lowest BCUT2D eigenvalue weighted by Crippen LogP contribution is -1.99. The molecule has 0 aliphatic rings. The molecule has 8 rings (SSSR count). The highest BCUT2D eigenvalue weighted by Gasteiger charge is 2.14. The maximum Gasteiger partial charge on any atom is 0.138 e. The normalized spacial score (nSPS) is 11.5. The molecule has 5 aromatic heterocycles. The van der Waals surface area contributed by atoms with Gasteiger partial charge in [0.15, 0.2) is 0 Å². The summed E-state index contributed by atoms with van der Waals surface area (Å²) in [6.45, 7) is 0. The van der Waals surface area contributed by atoms with Gasteiger partial charge in [-0.2, -0.15) is 0 Å². The molecule has 5 heterocycles. The van der Waals surface area contributed by atoms with Gasteiger partial charge in [-0.15, -0.1) is 11.3 Å². The fourth-order valence-corrected chi connectivity index (χ4v) is 6.24. The van der Waals surface area contributed by atoms with Crippen LogP contribution in [0.1, 0.15) is 0 Å². The van der Waals surface area contributed by atoms with Crippen LogP contribution in [0.5, 0.6) is 0 Å². The Bertz CT molecular complexity index is 2090. The predicted molar refractivity (Wildman–Crippen MR) is 164 cm³/mol. The van der Waals surface area contributed by atoms with Crippen molar-refractivity contribution in [2.24, 2.45) is 0 Å². The maximum atomic E-state index is 5.06. The molecule has 188 valence electrons. The third-order valence-corrected chi connectivity index (χ3v) is 8.26. The maximum absolute atomic E-state index is 5.06. The van der Waals surface area contributed by atoms with Gasteiger partial charge in [0.2, 0.25) is 0 Å². The number of para-hydroxylation sites is 2. The van der Waals surface area contributed by atoms with E-state index in [-0.39, 0.29) is 0 Å². The Morgan fingerprint density at radius 2 is 1.25 bits per heavy atom. The van der Waals surface area contributed by atoms with Crippen molar-refractivity contribution in [3.63, 3.8) is 0 Å². The van der Waals surface area contributed by atoms with Gasteiger partial charge in [0.05, 0.1) is 44.5 Å². The zero-order valence-electron chi connectivity index (χ0n) is 21.3. The number of benzene rings is 3. The van der Waals surface area contributed by atoms with Crippen LogP contribution in [0.25, 0.3) is 71.1 Å². The van der Waals surface area contributed by atoms with E-state index in [2.05, 4.69) is 82.3 Å². The van der Waals surface area contributed by atoms with Crippen LogP contribution in [-0.2, 0) is 0 Å². The molecule has 0 aliphatic heterocycles. The Morgan fingerprint density at radius 1 is 0.525 bits per heavy atom. The Kier molecular flexibility index (Phi) is 5.24. The summed E-state index contributed by atoms with van der Waals surface area (Å²) in [5, 5.41) is 3.37. The molecule has 8 aromatic rings. The Balaban J connectivity index is 1.16. The van der Waals surface area contributed by atoms with Crippen molar-refractivity contribution in [3.05, 3.63) is 128 Å². The molecule has 40 heavy (non-hydrogen) atoms. The summed E-state index contributed by atoms with van der Waals surface area (Å²) in [7, 11) is 0. The van der Waals surface area contributed by atoms with E-state index in [0.29, 0.717) is 0 Å². The Labute approximate surface area is 234 Å². The van der Waals surface area contributed by atoms with Crippen molar-refractivity contribution in [1.82, 2.24) is 24.5 Å². The monoisotopic (exact) mass is 531 g/mol. The number of fused-ring (bicyclic) bond motifs is 4. The van der Waals surface area contributed by atoms with E-state index in [1.807, 2.05) is 54.9 Å². The summed E-state index contributed by atoms with van der Waals surface area (Å²) in [5.41, 5.74) is 7.88. The van der Waals surface area contributed by atoms with Gasteiger partial charge in [-0.3, -0.25) is 9.55 Å². The molecule has 0 bridgehead atoms. The molecule has 0 aliphatic carbocycles. The minimum atomic E-state index is 0.820. The molecule has 0 amide bonds. The predicted octanol–water partition coefficient (Wildman–Crippen LogP) is 8.58. The molecule has 0 N–H and O–H groups in total. The van der Waals surface area contributed by atoms with E-state index < -0.39 is 0 Å². The smallest absolute Gasteiger partial charge is 0.138 e. The second kappa shape index (κ2) is 9.22. The van der Waals surface area contributed by atoms with Crippen molar-refractivity contribution in [1.29, 1.82) is 0 Å². The van der Waals surface area contributed by atoms with Crippen LogP contribution >= 0.6 is 11.3 Å². The van der Waals surface area contributed by atoms with Crippen molar-refractivity contribution in [2.45, 2.75) is 0 Å². The summed E-state index contributed by atoms with van der Waals surface area (Å²) in [5.74, 6) is 0.837. The molecule has 0 fully saturated rings. The second-order valence-corrected chi connectivity index (χ2v) is 10.6.